The van der Waals surface area contributed by atoms with Gasteiger partial charge in [-0.1, -0.05) is 32.3 Å². The first-order valence-electron chi connectivity index (χ1n) is 10.3. The minimum absolute atomic E-state index is 0.00683. The maximum absolute atomic E-state index is 12.6. The van der Waals surface area contributed by atoms with E-state index in [1.165, 1.54) is 19.3 Å². The molecular weight excluding hydrogens is 352 g/mol. The van der Waals surface area contributed by atoms with E-state index in [0.717, 1.165) is 37.1 Å². The number of fused-ring (bicyclic) bond motifs is 1. The second-order valence-electron chi connectivity index (χ2n) is 7.64. The molecule has 1 aliphatic rings. The largest absolute Gasteiger partial charge is 0.435 e. The molecule has 1 aromatic carbocycles. The van der Waals surface area contributed by atoms with E-state index < -0.39 is 0 Å². The predicted octanol–water partition coefficient (Wildman–Crippen LogP) is 5.79. The first-order chi connectivity index (χ1) is 13.7. The number of esters is 1. The fourth-order valence-corrected chi connectivity index (χ4v) is 3.95. The predicted molar refractivity (Wildman–Crippen MR) is 108 cm³/mol. The van der Waals surface area contributed by atoms with E-state index in [-0.39, 0.29) is 11.9 Å². The smallest absolute Gasteiger partial charge is 0.314 e. The second kappa shape index (κ2) is 8.55. The summed E-state index contributed by atoms with van der Waals surface area (Å²) in [6.45, 7) is 2.23. The van der Waals surface area contributed by atoms with Crippen LogP contribution in [0.3, 0.4) is 0 Å². The van der Waals surface area contributed by atoms with Gasteiger partial charge in [-0.3, -0.25) is 9.78 Å². The van der Waals surface area contributed by atoms with E-state index in [9.17, 15) is 4.79 Å². The number of ether oxygens (including phenoxy) is 1. The van der Waals surface area contributed by atoms with Gasteiger partial charge in [0.1, 0.15) is 17.0 Å². The number of hydrogen-bond donors (Lipinski definition) is 0. The lowest BCUT2D eigenvalue weighted by Gasteiger charge is -2.27. The fraction of sp³-hybridized carbons (Fsp3) is 0.435. The molecule has 5 heteroatoms. The quantitative estimate of drug-likeness (QED) is 0.401. The Kier molecular flexibility index (Phi) is 5.70. The Bertz CT molecular complexity index is 927. The normalized spacial score (nSPS) is 19.6. The molecular formula is C23H26N2O3. The summed E-state index contributed by atoms with van der Waals surface area (Å²) in [4.78, 5) is 21.3. The zero-order valence-electron chi connectivity index (χ0n) is 16.3. The summed E-state index contributed by atoms with van der Waals surface area (Å²) >= 11 is 0. The van der Waals surface area contributed by atoms with E-state index in [1.807, 2.05) is 24.3 Å². The maximum atomic E-state index is 12.6. The van der Waals surface area contributed by atoms with Crippen molar-refractivity contribution < 1.29 is 13.9 Å². The lowest BCUT2D eigenvalue weighted by molar-refractivity contribution is -0.140. The van der Waals surface area contributed by atoms with Gasteiger partial charge in [0.2, 0.25) is 5.89 Å². The van der Waals surface area contributed by atoms with Crippen LogP contribution in [0, 0.1) is 11.8 Å². The van der Waals surface area contributed by atoms with Crippen LogP contribution in [-0.2, 0) is 4.79 Å². The minimum atomic E-state index is -0.127. The van der Waals surface area contributed by atoms with Gasteiger partial charge in [-0.05, 0) is 55.9 Å². The Morgan fingerprint density at radius 2 is 2.04 bits per heavy atom. The van der Waals surface area contributed by atoms with Crippen LogP contribution in [0.4, 0.5) is 0 Å². The van der Waals surface area contributed by atoms with Crippen LogP contribution in [0.25, 0.3) is 22.7 Å². The standard InChI is InChI=1S/C23H26N2O3/c1-2-3-6-16-8-10-17(11-9-16)23(26)27-18-12-13-19-21(15-18)28-22(25-19)20-7-4-5-14-24-20/h4-5,7,12-17H,2-3,6,8-11H2,1H3. The van der Waals surface area contributed by atoms with Gasteiger partial charge in [0.15, 0.2) is 5.58 Å². The molecule has 2 aromatic heterocycles. The van der Waals surface area contributed by atoms with Crippen molar-refractivity contribution in [2.75, 3.05) is 0 Å². The molecule has 0 saturated heterocycles. The van der Waals surface area contributed by atoms with Crippen molar-refractivity contribution in [3.63, 3.8) is 0 Å². The minimum Gasteiger partial charge on any atom is -0.435 e. The number of carbonyl (C=O) groups excluding carboxylic acids is 1. The highest BCUT2D eigenvalue weighted by molar-refractivity contribution is 5.80. The monoisotopic (exact) mass is 378 g/mol. The van der Waals surface area contributed by atoms with E-state index in [1.54, 1.807) is 18.3 Å². The van der Waals surface area contributed by atoms with Crippen molar-refractivity contribution in [1.29, 1.82) is 0 Å². The highest BCUT2D eigenvalue weighted by Gasteiger charge is 2.27. The van der Waals surface area contributed by atoms with Crippen LogP contribution in [0.2, 0.25) is 0 Å². The lowest BCUT2D eigenvalue weighted by Crippen LogP contribution is -2.25. The van der Waals surface area contributed by atoms with Crippen molar-refractivity contribution in [1.82, 2.24) is 9.97 Å². The average Bonchev–Trinajstić information content (AvgIpc) is 3.17. The average molecular weight is 378 g/mol. The third-order valence-electron chi connectivity index (χ3n) is 5.61. The third-order valence-corrected chi connectivity index (χ3v) is 5.61. The number of carbonyl (C=O) groups is 1. The molecule has 0 unspecified atom stereocenters. The topological polar surface area (TPSA) is 65.2 Å². The van der Waals surface area contributed by atoms with Crippen molar-refractivity contribution in [3.8, 4) is 17.3 Å². The summed E-state index contributed by atoms with van der Waals surface area (Å²) in [5.41, 5.74) is 1.99. The van der Waals surface area contributed by atoms with Crippen LogP contribution < -0.4 is 4.74 Å². The SMILES string of the molecule is CCCCC1CCC(C(=O)Oc2ccc3nc(-c4ccccn4)oc3c2)CC1. The first-order valence-corrected chi connectivity index (χ1v) is 10.3. The molecule has 146 valence electrons. The summed E-state index contributed by atoms with van der Waals surface area (Å²) in [7, 11) is 0. The third kappa shape index (κ3) is 4.24. The van der Waals surface area contributed by atoms with Gasteiger partial charge < -0.3 is 9.15 Å². The molecule has 0 atom stereocenters. The molecule has 2 heterocycles. The van der Waals surface area contributed by atoms with Gasteiger partial charge >= 0.3 is 5.97 Å². The number of benzene rings is 1. The number of oxazole rings is 1. The lowest BCUT2D eigenvalue weighted by atomic mass is 9.80. The zero-order valence-corrected chi connectivity index (χ0v) is 16.3. The van der Waals surface area contributed by atoms with Gasteiger partial charge in [-0.2, -0.15) is 0 Å². The molecule has 1 aliphatic carbocycles. The van der Waals surface area contributed by atoms with E-state index >= 15 is 0 Å². The van der Waals surface area contributed by atoms with Gasteiger partial charge in [0.05, 0.1) is 5.92 Å². The number of aromatic nitrogens is 2. The molecule has 4 rings (SSSR count). The Morgan fingerprint density at radius 1 is 1.18 bits per heavy atom. The van der Waals surface area contributed by atoms with Gasteiger partial charge in [0, 0.05) is 12.3 Å². The molecule has 1 fully saturated rings. The number of unbranched alkanes of at least 4 members (excludes halogenated alkanes) is 1. The number of pyridine rings is 1. The molecule has 1 saturated carbocycles. The summed E-state index contributed by atoms with van der Waals surface area (Å²) in [5, 5.41) is 0. The Labute approximate surface area is 165 Å². The number of hydrogen-bond acceptors (Lipinski definition) is 5. The van der Waals surface area contributed by atoms with E-state index in [0.29, 0.717) is 22.9 Å². The number of rotatable bonds is 6. The zero-order chi connectivity index (χ0) is 19.3. The molecule has 28 heavy (non-hydrogen) atoms. The Balaban J connectivity index is 1.40. The molecule has 5 nitrogen and oxygen atoms in total. The molecule has 0 spiro atoms. The van der Waals surface area contributed by atoms with E-state index in [2.05, 4.69) is 16.9 Å². The van der Waals surface area contributed by atoms with Crippen LogP contribution >= 0.6 is 0 Å². The second-order valence-corrected chi connectivity index (χ2v) is 7.64. The van der Waals surface area contributed by atoms with Gasteiger partial charge in [-0.15, -0.1) is 0 Å². The van der Waals surface area contributed by atoms with E-state index in [4.69, 9.17) is 9.15 Å². The van der Waals surface area contributed by atoms with Crippen molar-refractivity contribution >= 4 is 17.1 Å². The molecule has 0 radical (unpaired) electrons. The van der Waals surface area contributed by atoms with Gasteiger partial charge in [-0.25, -0.2) is 4.98 Å². The highest BCUT2D eigenvalue weighted by Crippen LogP contribution is 2.33. The molecule has 0 aliphatic heterocycles. The van der Waals surface area contributed by atoms with Crippen LogP contribution in [0.1, 0.15) is 51.9 Å². The maximum Gasteiger partial charge on any atom is 0.314 e. The summed E-state index contributed by atoms with van der Waals surface area (Å²) in [5.74, 6) is 1.63. The molecule has 0 N–H and O–H groups in total. The van der Waals surface area contributed by atoms with Crippen LogP contribution in [0.15, 0.2) is 47.0 Å². The Hall–Kier alpha value is -2.69. The first kappa shape index (κ1) is 18.7. The molecule has 3 aromatic rings. The number of nitrogens with zero attached hydrogens (tertiary/aromatic N) is 2. The molecule has 0 amide bonds. The summed E-state index contributed by atoms with van der Waals surface area (Å²) in [6.07, 6.45) is 9.66. The van der Waals surface area contributed by atoms with Crippen molar-refractivity contribution in [3.05, 3.63) is 42.6 Å². The van der Waals surface area contributed by atoms with Gasteiger partial charge in [0.25, 0.3) is 0 Å². The van der Waals surface area contributed by atoms with Crippen LogP contribution in [-0.4, -0.2) is 15.9 Å². The Morgan fingerprint density at radius 3 is 2.79 bits per heavy atom. The van der Waals surface area contributed by atoms with Crippen molar-refractivity contribution in [2.24, 2.45) is 11.8 Å². The fourth-order valence-electron chi connectivity index (χ4n) is 3.95. The van der Waals surface area contributed by atoms with Crippen LogP contribution in [0.5, 0.6) is 5.75 Å². The molecule has 0 bridgehead atoms. The summed E-state index contributed by atoms with van der Waals surface area (Å²) in [6, 6.07) is 10.9. The summed E-state index contributed by atoms with van der Waals surface area (Å²) < 4.78 is 11.5. The highest BCUT2D eigenvalue weighted by atomic mass is 16.5. The van der Waals surface area contributed by atoms with Crippen molar-refractivity contribution in [2.45, 2.75) is 51.9 Å².